The van der Waals surface area contributed by atoms with Gasteiger partial charge in [-0.25, -0.2) is 9.78 Å². The van der Waals surface area contributed by atoms with Gasteiger partial charge >= 0.3 is 5.97 Å². The number of aromatic nitrogens is 1. The number of hydrogen-bond donors (Lipinski definition) is 1. The molecule has 1 saturated heterocycles. The summed E-state index contributed by atoms with van der Waals surface area (Å²) >= 11 is 1.44. The van der Waals surface area contributed by atoms with E-state index in [0.29, 0.717) is 24.4 Å². The molecule has 6 nitrogen and oxygen atoms in total. The minimum atomic E-state index is -0.393. The van der Waals surface area contributed by atoms with Crippen LogP contribution in [0.3, 0.4) is 0 Å². The lowest BCUT2D eigenvalue weighted by Crippen LogP contribution is -2.56. The van der Waals surface area contributed by atoms with Crippen LogP contribution in [0.15, 0.2) is 84.2 Å². The molecule has 7 heteroatoms. The number of rotatable bonds is 8. The molecule has 3 atom stereocenters. The summed E-state index contributed by atoms with van der Waals surface area (Å²) in [6.45, 7) is 9.51. The van der Waals surface area contributed by atoms with Gasteiger partial charge in [0.05, 0.1) is 12.6 Å². The third-order valence-corrected chi connectivity index (χ3v) is 8.26. The van der Waals surface area contributed by atoms with Crippen molar-refractivity contribution >= 4 is 17.3 Å². The van der Waals surface area contributed by atoms with Crippen molar-refractivity contribution in [3.8, 4) is 16.3 Å². The van der Waals surface area contributed by atoms with E-state index in [1.165, 1.54) is 16.9 Å². The van der Waals surface area contributed by atoms with Crippen LogP contribution in [0.4, 0.5) is 0 Å². The van der Waals surface area contributed by atoms with E-state index in [1.54, 1.807) is 18.4 Å². The summed E-state index contributed by atoms with van der Waals surface area (Å²) < 4.78 is 5.09. The molecule has 2 heterocycles. The molecule has 0 amide bonds. The minimum absolute atomic E-state index is 0.00568. The molecule has 39 heavy (non-hydrogen) atoms. The molecule has 0 unspecified atom stereocenters. The Bertz CT molecular complexity index is 1390. The van der Waals surface area contributed by atoms with Crippen LogP contribution in [0.5, 0.6) is 5.75 Å². The lowest BCUT2D eigenvalue weighted by atomic mass is 9.92. The Balaban J connectivity index is 1.41. The van der Waals surface area contributed by atoms with Gasteiger partial charge < -0.3 is 9.84 Å². The fraction of sp³-hybridized carbons (Fsp3) is 0.312. The van der Waals surface area contributed by atoms with Crippen molar-refractivity contribution in [2.24, 2.45) is 0 Å². The predicted octanol–water partition coefficient (Wildman–Crippen LogP) is 6.38. The molecule has 0 saturated carbocycles. The second-order valence-corrected chi connectivity index (χ2v) is 11.0. The number of carbonyl (C=O) groups excluding carboxylic acids is 1. The molecule has 0 aliphatic carbocycles. The van der Waals surface area contributed by atoms with Crippen LogP contribution < -0.4 is 0 Å². The Labute approximate surface area is 234 Å². The maximum absolute atomic E-state index is 12.1. The van der Waals surface area contributed by atoms with Gasteiger partial charge in [0.1, 0.15) is 10.8 Å². The number of carbonyl (C=O) groups is 1. The Kier molecular flexibility index (Phi) is 8.41. The number of hydrogen-bond acceptors (Lipinski definition) is 7. The van der Waals surface area contributed by atoms with E-state index in [1.807, 2.05) is 12.1 Å². The highest BCUT2D eigenvalue weighted by molar-refractivity contribution is 7.13. The molecule has 1 fully saturated rings. The van der Waals surface area contributed by atoms with Crippen molar-refractivity contribution in [3.05, 3.63) is 107 Å². The van der Waals surface area contributed by atoms with Gasteiger partial charge in [0, 0.05) is 42.7 Å². The smallest absolute Gasteiger partial charge is 0.357 e. The first-order valence-electron chi connectivity index (χ1n) is 13.5. The van der Waals surface area contributed by atoms with E-state index in [-0.39, 0.29) is 11.8 Å². The second-order valence-electron chi connectivity index (χ2n) is 10.2. The van der Waals surface area contributed by atoms with Gasteiger partial charge in [0.15, 0.2) is 5.69 Å². The summed E-state index contributed by atoms with van der Waals surface area (Å²) in [7, 11) is 0. The first-order valence-corrected chi connectivity index (χ1v) is 14.4. The molecule has 1 aliphatic rings. The zero-order valence-corrected chi connectivity index (χ0v) is 23.5. The van der Waals surface area contributed by atoms with Gasteiger partial charge in [-0.2, -0.15) is 0 Å². The molecule has 0 radical (unpaired) electrons. The summed E-state index contributed by atoms with van der Waals surface area (Å²) in [6.07, 6.45) is 0. The highest BCUT2D eigenvalue weighted by Crippen LogP contribution is 2.36. The topological polar surface area (TPSA) is 65.9 Å². The Morgan fingerprint density at radius 3 is 2.49 bits per heavy atom. The van der Waals surface area contributed by atoms with E-state index in [9.17, 15) is 9.90 Å². The Morgan fingerprint density at radius 2 is 1.77 bits per heavy atom. The molecule has 3 aromatic carbocycles. The van der Waals surface area contributed by atoms with Crippen LogP contribution in [0.25, 0.3) is 10.6 Å². The van der Waals surface area contributed by atoms with Gasteiger partial charge in [-0.1, -0.05) is 66.7 Å². The van der Waals surface area contributed by atoms with Crippen molar-refractivity contribution in [1.29, 1.82) is 0 Å². The second kappa shape index (κ2) is 12.1. The first-order chi connectivity index (χ1) is 18.9. The third kappa shape index (κ3) is 6.22. The van der Waals surface area contributed by atoms with E-state index in [2.05, 4.69) is 89.3 Å². The maximum atomic E-state index is 12.1. The lowest BCUT2D eigenvalue weighted by molar-refractivity contribution is 0.0195. The lowest BCUT2D eigenvalue weighted by Gasteiger charge is -2.47. The molecule has 1 aromatic heterocycles. The van der Waals surface area contributed by atoms with Crippen LogP contribution in [0.2, 0.25) is 0 Å². The van der Waals surface area contributed by atoms with Crippen molar-refractivity contribution in [2.45, 2.75) is 45.4 Å². The number of phenols is 1. The fourth-order valence-electron chi connectivity index (χ4n) is 5.41. The summed E-state index contributed by atoms with van der Waals surface area (Å²) in [4.78, 5) is 21.7. The SMILES string of the molecule is CCOC(=O)c1csc(-c2ccc([C@H](c3cccc(O)c3)N3C[C@@H](C)N(Cc4ccccc4)C[C@@H]3C)cc2)n1. The molecule has 202 valence electrons. The summed E-state index contributed by atoms with van der Waals surface area (Å²) in [6, 6.07) is 27.4. The van der Waals surface area contributed by atoms with Crippen LogP contribution in [0.1, 0.15) is 54.0 Å². The third-order valence-electron chi connectivity index (χ3n) is 7.37. The number of piperazine rings is 1. The van der Waals surface area contributed by atoms with Crippen LogP contribution >= 0.6 is 11.3 Å². The molecular formula is C32H35N3O3S. The molecule has 1 aliphatic heterocycles. The molecule has 0 spiro atoms. The Morgan fingerprint density at radius 1 is 1.00 bits per heavy atom. The van der Waals surface area contributed by atoms with E-state index >= 15 is 0 Å². The van der Waals surface area contributed by atoms with Gasteiger partial charge in [-0.3, -0.25) is 9.80 Å². The number of nitrogens with zero attached hydrogens (tertiary/aromatic N) is 3. The Hall–Kier alpha value is -3.52. The first kappa shape index (κ1) is 27.1. The average molecular weight is 542 g/mol. The fourth-order valence-corrected chi connectivity index (χ4v) is 6.20. The number of phenolic OH excluding ortho intramolecular Hbond substituents is 1. The van der Waals surface area contributed by atoms with Crippen molar-refractivity contribution in [3.63, 3.8) is 0 Å². The zero-order chi connectivity index (χ0) is 27.4. The van der Waals surface area contributed by atoms with Gasteiger partial charge in [-0.15, -0.1) is 11.3 Å². The van der Waals surface area contributed by atoms with Crippen molar-refractivity contribution < 1.29 is 14.6 Å². The van der Waals surface area contributed by atoms with Crippen molar-refractivity contribution in [1.82, 2.24) is 14.8 Å². The zero-order valence-electron chi connectivity index (χ0n) is 22.7. The molecule has 0 bridgehead atoms. The van der Waals surface area contributed by atoms with Crippen LogP contribution in [-0.2, 0) is 11.3 Å². The quantitative estimate of drug-likeness (QED) is 0.261. The number of aromatic hydroxyl groups is 1. The summed E-state index contributed by atoms with van der Waals surface area (Å²) in [5.74, 6) is -0.123. The highest BCUT2D eigenvalue weighted by Gasteiger charge is 2.35. The largest absolute Gasteiger partial charge is 0.508 e. The summed E-state index contributed by atoms with van der Waals surface area (Å²) in [5.41, 5.74) is 4.86. The van der Waals surface area contributed by atoms with Gasteiger partial charge in [0.25, 0.3) is 0 Å². The number of esters is 1. The number of thiazole rings is 1. The van der Waals surface area contributed by atoms with E-state index in [4.69, 9.17) is 4.74 Å². The van der Waals surface area contributed by atoms with Gasteiger partial charge in [0.2, 0.25) is 0 Å². The van der Waals surface area contributed by atoms with Crippen molar-refractivity contribution in [2.75, 3.05) is 19.7 Å². The predicted molar refractivity (Wildman–Crippen MR) is 156 cm³/mol. The van der Waals surface area contributed by atoms with E-state index in [0.717, 1.165) is 41.3 Å². The minimum Gasteiger partial charge on any atom is -0.508 e. The maximum Gasteiger partial charge on any atom is 0.357 e. The molecule has 4 aromatic rings. The highest BCUT2D eigenvalue weighted by atomic mass is 32.1. The van der Waals surface area contributed by atoms with E-state index < -0.39 is 5.97 Å². The standard InChI is InChI=1S/C32H35N3O3S/c1-4-38-32(37)29-21-39-31(33-29)26-15-13-25(14-16-26)30(27-11-8-12-28(36)17-27)35-19-22(2)34(18-23(35)3)20-24-9-6-5-7-10-24/h5-17,21-23,30,36H,4,18-20H2,1-3H3/t22-,23+,30-/m1/s1. The summed E-state index contributed by atoms with van der Waals surface area (Å²) in [5, 5.41) is 12.9. The normalized spacial score (nSPS) is 19.1. The number of benzene rings is 3. The van der Waals surface area contributed by atoms with Crippen LogP contribution in [-0.4, -0.2) is 57.6 Å². The average Bonchev–Trinajstić information content (AvgIpc) is 3.43. The van der Waals surface area contributed by atoms with Gasteiger partial charge in [-0.05, 0) is 49.6 Å². The van der Waals surface area contributed by atoms with Crippen LogP contribution in [0, 0.1) is 0 Å². The monoisotopic (exact) mass is 541 g/mol. The number of ether oxygens (including phenoxy) is 1. The molecule has 5 rings (SSSR count). The molecule has 1 N–H and O–H groups in total. The molecular weight excluding hydrogens is 506 g/mol.